The monoisotopic (exact) mass is 464 g/mol. The zero-order valence-corrected chi connectivity index (χ0v) is 22.3. The molecule has 3 saturated carbocycles. The van der Waals surface area contributed by atoms with E-state index < -0.39 is 10.1 Å². The number of hydrogen-bond donors (Lipinski definition) is 0. The molecule has 32 heavy (non-hydrogen) atoms. The van der Waals surface area contributed by atoms with E-state index >= 15 is 0 Å². The van der Waals surface area contributed by atoms with Crippen molar-refractivity contribution in [3.8, 4) is 0 Å². The Morgan fingerprint density at radius 3 is 2.47 bits per heavy atom. The van der Waals surface area contributed by atoms with Crippen molar-refractivity contribution in [3.05, 3.63) is 11.6 Å². The van der Waals surface area contributed by atoms with Crippen molar-refractivity contribution >= 4 is 10.1 Å². The second kappa shape index (κ2) is 9.02. The van der Waals surface area contributed by atoms with Crippen LogP contribution in [0, 0.1) is 46.3 Å². The van der Waals surface area contributed by atoms with Gasteiger partial charge in [-0.25, -0.2) is 0 Å². The first-order valence-corrected chi connectivity index (χ1v) is 15.3. The summed E-state index contributed by atoms with van der Waals surface area (Å²) < 4.78 is 28.8. The molecule has 0 amide bonds. The van der Waals surface area contributed by atoms with Gasteiger partial charge in [0.2, 0.25) is 0 Å². The lowest BCUT2D eigenvalue weighted by Crippen LogP contribution is -2.51. The molecule has 4 aliphatic rings. The fraction of sp³-hybridized carbons (Fsp3) is 0.929. The molecule has 4 rings (SSSR count). The van der Waals surface area contributed by atoms with Gasteiger partial charge >= 0.3 is 0 Å². The number of fused-ring (bicyclic) bond motifs is 5. The fourth-order valence-corrected chi connectivity index (χ4v) is 9.64. The first-order valence-electron chi connectivity index (χ1n) is 13.5. The Morgan fingerprint density at radius 2 is 1.78 bits per heavy atom. The summed E-state index contributed by atoms with van der Waals surface area (Å²) in [4.78, 5) is 0. The van der Waals surface area contributed by atoms with Crippen LogP contribution in [0.4, 0.5) is 0 Å². The molecule has 0 aromatic carbocycles. The van der Waals surface area contributed by atoms with Gasteiger partial charge in [0.05, 0.1) is 12.4 Å². The van der Waals surface area contributed by atoms with Crippen LogP contribution in [0.2, 0.25) is 0 Å². The van der Waals surface area contributed by atoms with E-state index in [4.69, 9.17) is 4.18 Å². The minimum absolute atomic E-state index is 0.155. The normalized spacial score (nSPS) is 42.7. The van der Waals surface area contributed by atoms with Crippen LogP contribution in [0.5, 0.6) is 0 Å². The van der Waals surface area contributed by atoms with E-state index in [1.54, 1.807) is 0 Å². The second-order valence-electron chi connectivity index (χ2n) is 13.0. The summed E-state index contributed by atoms with van der Waals surface area (Å²) in [6.07, 6.45) is 17.3. The molecule has 3 nitrogen and oxygen atoms in total. The minimum Gasteiger partial charge on any atom is -0.267 e. The molecule has 0 saturated heterocycles. The van der Waals surface area contributed by atoms with Crippen LogP contribution in [0.1, 0.15) is 105 Å². The zero-order chi connectivity index (χ0) is 23.3. The van der Waals surface area contributed by atoms with Gasteiger partial charge in [0.25, 0.3) is 10.1 Å². The maximum absolute atomic E-state index is 11.7. The summed E-state index contributed by atoms with van der Waals surface area (Å²) in [5.41, 5.74) is 2.28. The third-order valence-electron chi connectivity index (χ3n) is 10.6. The third-order valence-corrected chi connectivity index (χ3v) is 11.2. The first-order chi connectivity index (χ1) is 14.9. The van der Waals surface area contributed by atoms with Crippen molar-refractivity contribution in [2.75, 3.05) is 6.26 Å². The molecule has 4 heteroatoms. The van der Waals surface area contributed by atoms with Crippen molar-refractivity contribution in [2.45, 2.75) is 111 Å². The lowest BCUT2D eigenvalue weighted by Gasteiger charge is -2.58. The van der Waals surface area contributed by atoms with Crippen molar-refractivity contribution < 1.29 is 12.6 Å². The van der Waals surface area contributed by atoms with Gasteiger partial charge in [-0.05, 0) is 97.7 Å². The Balaban J connectivity index is 1.47. The maximum Gasteiger partial charge on any atom is 0.264 e. The molecule has 0 heterocycles. The lowest BCUT2D eigenvalue weighted by atomic mass is 9.47. The Hall–Kier alpha value is -0.350. The predicted octanol–water partition coefficient (Wildman–Crippen LogP) is 7.37. The van der Waals surface area contributed by atoms with Crippen LogP contribution in [0.25, 0.3) is 0 Å². The quantitative estimate of drug-likeness (QED) is 0.292. The van der Waals surface area contributed by atoms with Gasteiger partial charge in [0.1, 0.15) is 0 Å². The zero-order valence-electron chi connectivity index (χ0n) is 21.5. The van der Waals surface area contributed by atoms with Gasteiger partial charge in [0.15, 0.2) is 0 Å². The first kappa shape index (κ1) is 24.8. The molecule has 0 bridgehead atoms. The Labute approximate surface area is 198 Å². The van der Waals surface area contributed by atoms with E-state index in [-0.39, 0.29) is 11.5 Å². The average Bonchev–Trinajstić information content (AvgIpc) is 3.04. The van der Waals surface area contributed by atoms with Gasteiger partial charge < -0.3 is 0 Å². The highest BCUT2D eigenvalue weighted by atomic mass is 32.2. The summed E-state index contributed by atoms with van der Waals surface area (Å²) >= 11 is 0. The molecular weight excluding hydrogens is 416 g/mol. The van der Waals surface area contributed by atoms with Crippen molar-refractivity contribution in [3.63, 3.8) is 0 Å². The summed E-state index contributed by atoms with van der Waals surface area (Å²) in [5, 5.41) is 0. The molecule has 0 N–H and O–H groups in total. The van der Waals surface area contributed by atoms with Crippen LogP contribution in [0.3, 0.4) is 0 Å². The van der Waals surface area contributed by atoms with E-state index in [1.165, 1.54) is 63.2 Å². The van der Waals surface area contributed by atoms with Gasteiger partial charge in [-0.15, -0.1) is 0 Å². The average molecular weight is 465 g/mol. The number of hydrogen-bond acceptors (Lipinski definition) is 3. The molecule has 0 aromatic rings. The smallest absolute Gasteiger partial charge is 0.264 e. The van der Waals surface area contributed by atoms with Crippen molar-refractivity contribution in [1.82, 2.24) is 0 Å². The highest BCUT2D eigenvalue weighted by molar-refractivity contribution is 7.86. The molecule has 3 fully saturated rings. The van der Waals surface area contributed by atoms with Crippen LogP contribution >= 0.6 is 0 Å². The maximum atomic E-state index is 11.7. The van der Waals surface area contributed by atoms with Crippen LogP contribution in [-0.2, 0) is 14.3 Å². The molecular formula is C28H48O3S. The standard InChI is InChI=1S/C28H48O3S/c1-19(2)8-7-9-20(3)24-12-13-25-23-11-10-21-18-22(31-32(6,29)30)14-16-27(21,4)26(23)15-17-28(24,25)5/h10,19-20,22-26H,7-9,11-18H2,1-6H3/t20-,22+,23+,24?,25+,26?,27?,28?/m1/s1. The van der Waals surface area contributed by atoms with Crippen molar-refractivity contribution in [2.24, 2.45) is 46.3 Å². The highest BCUT2D eigenvalue weighted by Crippen LogP contribution is 2.67. The van der Waals surface area contributed by atoms with E-state index in [1.807, 2.05) is 0 Å². The summed E-state index contributed by atoms with van der Waals surface area (Å²) in [7, 11) is -3.38. The Morgan fingerprint density at radius 1 is 1.03 bits per heavy atom. The fourth-order valence-electron chi connectivity index (χ4n) is 8.98. The topological polar surface area (TPSA) is 43.4 Å². The molecule has 0 aromatic heterocycles. The molecule has 4 unspecified atom stereocenters. The van der Waals surface area contributed by atoms with Crippen molar-refractivity contribution in [1.29, 1.82) is 0 Å². The van der Waals surface area contributed by atoms with E-state index in [9.17, 15) is 8.42 Å². The summed E-state index contributed by atoms with van der Waals surface area (Å²) in [6.45, 7) is 12.4. The van der Waals surface area contributed by atoms with Crippen LogP contribution < -0.4 is 0 Å². The van der Waals surface area contributed by atoms with Gasteiger partial charge in [0, 0.05) is 0 Å². The number of allylic oxidation sites excluding steroid dienone is 1. The summed E-state index contributed by atoms with van der Waals surface area (Å²) in [6, 6.07) is 0. The number of rotatable bonds is 7. The largest absolute Gasteiger partial charge is 0.267 e. The minimum atomic E-state index is -3.38. The van der Waals surface area contributed by atoms with Gasteiger partial charge in [-0.1, -0.05) is 65.5 Å². The highest BCUT2D eigenvalue weighted by Gasteiger charge is 2.59. The van der Waals surface area contributed by atoms with Gasteiger partial charge in [-0.3, -0.25) is 4.18 Å². The molecule has 184 valence electrons. The molecule has 4 aliphatic carbocycles. The van der Waals surface area contributed by atoms with Gasteiger partial charge in [-0.2, -0.15) is 8.42 Å². The lowest BCUT2D eigenvalue weighted by molar-refractivity contribution is -0.0556. The second-order valence-corrected chi connectivity index (χ2v) is 14.6. The Bertz CT molecular complexity index is 815. The van der Waals surface area contributed by atoms with E-state index in [2.05, 4.69) is 40.7 Å². The molecule has 8 atom stereocenters. The van der Waals surface area contributed by atoms with Crippen LogP contribution in [0.15, 0.2) is 11.6 Å². The molecule has 0 aliphatic heterocycles. The van der Waals surface area contributed by atoms with Crippen LogP contribution in [-0.4, -0.2) is 20.8 Å². The van der Waals surface area contributed by atoms with E-state index in [0.29, 0.717) is 5.41 Å². The third kappa shape index (κ3) is 4.61. The molecule has 0 radical (unpaired) electrons. The molecule has 0 spiro atoms. The summed E-state index contributed by atoms with van der Waals surface area (Å²) in [5.74, 6) is 5.05. The Kier molecular flexibility index (Phi) is 6.98. The van der Waals surface area contributed by atoms with E-state index in [0.717, 1.165) is 54.8 Å². The SMILES string of the molecule is CC(C)CCC[C@@H](C)C1CC[C@H]2[C@@H]3CC=C4C[C@@H](OS(C)(=O)=O)CCC4(C)C3CCC12C. The predicted molar refractivity (Wildman–Crippen MR) is 133 cm³/mol.